The van der Waals surface area contributed by atoms with Gasteiger partial charge in [-0.1, -0.05) is 30.3 Å². The van der Waals surface area contributed by atoms with Crippen molar-refractivity contribution in [1.29, 1.82) is 0 Å². The van der Waals surface area contributed by atoms with Crippen molar-refractivity contribution in [3.63, 3.8) is 0 Å². The van der Waals surface area contributed by atoms with Crippen LogP contribution in [0.4, 0.5) is 0 Å². The number of aromatic nitrogens is 1. The molecule has 0 N–H and O–H groups in total. The minimum absolute atomic E-state index is 0.0606. The molecule has 1 aromatic heterocycles. The maximum atomic E-state index is 13.1. The van der Waals surface area contributed by atoms with Crippen LogP contribution in [0.25, 0.3) is 11.3 Å². The molecule has 2 aromatic rings. The van der Waals surface area contributed by atoms with E-state index >= 15 is 0 Å². The standard InChI is InChI=1S/C17H20N2O3S2/c1-3-19(14-9-10-24(21,22)11-14)17(20)16-15(18-12(2)23-16)13-7-5-4-6-8-13/h4-8,14H,3,9-11H2,1-2H3/t14-/m1/s1. The second-order valence-electron chi connectivity index (χ2n) is 5.92. The summed E-state index contributed by atoms with van der Waals surface area (Å²) in [6.45, 7) is 4.26. The van der Waals surface area contributed by atoms with Crippen LogP contribution in [0, 0.1) is 6.92 Å². The molecule has 5 nitrogen and oxygen atoms in total. The molecule has 128 valence electrons. The van der Waals surface area contributed by atoms with Crippen molar-refractivity contribution < 1.29 is 13.2 Å². The van der Waals surface area contributed by atoms with E-state index in [-0.39, 0.29) is 23.5 Å². The van der Waals surface area contributed by atoms with Crippen molar-refractivity contribution in [2.75, 3.05) is 18.1 Å². The number of hydrogen-bond donors (Lipinski definition) is 0. The number of carbonyl (C=O) groups is 1. The van der Waals surface area contributed by atoms with E-state index in [0.29, 0.717) is 23.5 Å². The van der Waals surface area contributed by atoms with Crippen LogP contribution in [0.2, 0.25) is 0 Å². The Kier molecular flexibility index (Phi) is 4.73. The molecule has 1 aliphatic rings. The van der Waals surface area contributed by atoms with Gasteiger partial charge in [0.25, 0.3) is 5.91 Å². The highest BCUT2D eigenvalue weighted by Crippen LogP contribution is 2.30. The summed E-state index contributed by atoms with van der Waals surface area (Å²) >= 11 is 1.37. The van der Waals surface area contributed by atoms with Crippen LogP contribution in [0.5, 0.6) is 0 Å². The molecule has 1 aromatic carbocycles. The fourth-order valence-electron chi connectivity index (χ4n) is 3.08. The molecule has 1 fully saturated rings. The van der Waals surface area contributed by atoms with Crippen LogP contribution in [-0.4, -0.2) is 48.3 Å². The molecule has 3 rings (SSSR count). The number of rotatable bonds is 4. The van der Waals surface area contributed by atoms with Gasteiger partial charge in [0.15, 0.2) is 9.84 Å². The molecular weight excluding hydrogens is 344 g/mol. The van der Waals surface area contributed by atoms with Gasteiger partial charge >= 0.3 is 0 Å². The molecule has 0 unspecified atom stereocenters. The number of aryl methyl sites for hydroxylation is 1. The van der Waals surface area contributed by atoms with Crippen LogP contribution in [0.1, 0.15) is 28.0 Å². The fraction of sp³-hybridized carbons (Fsp3) is 0.412. The van der Waals surface area contributed by atoms with E-state index in [1.165, 1.54) is 11.3 Å². The highest BCUT2D eigenvalue weighted by Gasteiger charge is 2.35. The number of carbonyl (C=O) groups excluding carboxylic acids is 1. The summed E-state index contributed by atoms with van der Waals surface area (Å²) < 4.78 is 23.5. The Balaban J connectivity index is 1.95. The predicted molar refractivity (Wildman–Crippen MR) is 96.1 cm³/mol. The molecular formula is C17H20N2O3S2. The normalized spacial score (nSPS) is 19.3. The minimum Gasteiger partial charge on any atom is -0.334 e. The summed E-state index contributed by atoms with van der Waals surface area (Å²) in [6.07, 6.45) is 0.514. The summed E-state index contributed by atoms with van der Waals surface area (Å²) in [7, 11) is -3.03. The molecule has 24 heavy (non-hydrogen) atoms. The number of nitrogens with zero attached hydrogens (tertiary/aromatic N) is 2. The van der Waals surface area contributed by atoms with Crippen molar-refractivity contribution >= 4 is 27.1 Å². The largest absolute Gasteiger partial charge is 0.334 e. The van der Waals surface area contributed by atoms with Crippen molar-refractivity contribution in [3.8, 4) is 11.3 Å². The van der Waals surface area contributed by atoms with Crippen LogP contribution in [-0.2, 0) is 9.84 Å². The lowest BCUT2D eigenvalue weighted by Crippen LogP contribution is -2.40. The molecule has 0 spiro atoms. The van der Waals surface area contributed by atoms with E-state index in [2.05, 4.69) is 4.98 Å². The van der Waals surface area contributed by atoms with Crippen LogP contribution in [0.3, 0.4) is 0 Å². The SMILES string of the molecule is CCN(C(=O)c1sc(C)nc1-c1ccccc1)[C@@H]1CCS(=O)(=O)C1. The summed E-state index contributed by atoms with van der Waals surface area (Å²) in [5.74, 6) is 0.101. The third-order valence-electron chi connectivity index (χ3n) is 4.23. The first-order valence-corrected chi connectivity index (χ1v) is 10.6. The van der Waals surface area contributed by atoms with E-state index in [0.717, 1.165) is 10.6 Å². The number of thiazole rings is 1. The minimum atomic E-state index is -3.03. The van der Waals surface area contributed by atoms with Crippen LogP contribution < -0.4 is 0 Å². The lowest BCUT2D eigenvalue weighted by molar-refractivity contribution is 0.0714. The topological polar surface area (TPSA) is 67.3 Å². The smallest absolute Gasteiger partial charge is 0.266 e. The van der Waals surface area contributed by atoms with Gasteiger partial charge in [0, 0.05) is 18.2 Å². The second kappa shape index (κ2) is 6.64. The van der Waals surface area contributed by atoms with Gasteiger partial charge in [-0.15, -0.1) is 11.3 Å². The lowest BCUT2D eigenvalue weighted by atomic mass is 10.1. The molecule has 1 saturated heterocycles. The fourth-order valence-corrected chi connectivity index (χ4v) is 5.71. The van der Waals surface area contributed by atoms with Crippen molar-refractivity contribution in [2.24, 2.45) is 0 Å². The summed E-state index contributed by atoms with van der Waals surface area (Å²) in [5, 5.41) is 0.826. The maximum absolute atomic E-state index is 13.1. The first kappa shape index (κ1) is 17.1. The quantitative estimate of drug-likeness (QED) is 0.837. The van der Waals surface area contributed by atoms with Crippen LogP contribution >= 0.6 is 11.3 Å². The molecule has 2 heterocycles. The molecule has 0 aliphatic carbocycles. The van der Waals surface area contributed by atoms with Crippen LogP contribution in [0.15, 0.2) is 30.3 Å². The van der Waals surface area contributed by atoms with E-state index in [1.807, 2.05) is 44.2 Å². The van der Waals surface area contributed by atoms with Gasteiger partial charge in [0.2, 0.25) is 0 Å². The average Bonchev–Trinajstić information content (AvgIpc) is 3.11. The summed E-state index contributed by atoms with van der Waals surface area (Å²) in [5.41, 5.74) is 1.59. The third-order valence-corrected chi connectivity index (χ3v) is 6.94. The maximum Gasteiger partial charge on any atom is 0.266 e. The summed E-state index contributed by atoms with van der Waals surface area (Å²) in [4.78, 5) is 19.9. The molecule has 7 heteroatoms. The van der Waals surface area contributed by atoms with E-state index in [1.54, 1.807) is 4.90 Å². The van der Waals surface area contributed by atoms with Crippen molar-refractivity contribution in [2.45, 2.75) is 26.3 Å². The van der Waals surface area contributed by atoms with Gasteiger partial charge in [-0.25, -0.2) is 13.4 Å². The molecule has 1 atom stereocenters. The Morgan fingerprint density at radius 1 is 1.33 bits per heavy atom. The van der Waals surface area contributed by atoms with E-state index < -0.39 is 9.84 Å². The van der Waals surface area contributed by atoms with Gasteiger partial charge in [0.05, 0.1) is 22.2 Å². The van der Waals surface area contributed by atoms with Crippen molar-refractivity contribution in [1.82, 2.24) is 9.88 Å². The Hall–Kier alpha value is -1.73. The number of amides is 1. The summed E-state index contributed by atoms with van der Waals surface area (Å²) in [6, 6.07) is 9.38. The Bertz CT molecular complexity index is 844. The zero-order valence-electron chi connectivity index (χ0n) is 13.7. The molecule has 0 saturated carbocycles. The average molecular weight is 364 g/mol. The molecule has 0 radical (unpaired) electrons. The van der Waals surface area contributed by atoms with Gasteiger partial charge in [-0.05, 0) is 20.3 Å². The first-order valence-electron chi connectivity index (χ1n) is 7.95. The third kappa shape index (κ3) is 3.37. The number of benzene rings is 1. The Morgan fingerprint density at radius 3 is 2.62 bits per heavy atom. The second-order valence-corrected chi connectivity index (χ2v) is 9.36. The monoisotopic (exact) mass is 364 g/mol. The van der Waals surface area contributed by atoms with Gasteiger partial charge in [-0.3, -0.25) is 4.79 Å². The van der Waals surface area contributed by atoms with Gasteiger partial charge in [-0.2, -0.15) is 0 Å². The Labute approximate surface area is 146 Å². The molecule has 1 amide bonds. The highest BCUT2D eigenvalue weighted by atomic mass is 32.2. The number of sulfone groups is 1. The predicted octanol–water partition coefficient (Wildman–Crippen LogP) is 2.77. The van der Waals surface area contributed by atoms with E-state index in [4.69, 9.17) is 0 Å². The van der Waals surface area contributed by atoms with Crippen molar-refractivity contribution in [3.05, 3.63) is 40.2 Å². The zero-order valence-corrected chi connectivity index (χ0v) is 15.4. The van der Waals surface area contributed by atoms with E-state index in [9.17, 15) is 13.2 Å². The highest BCUT2D eigenvalue weighted by molar-refractivity contribution is 7.91. The molecule has 1 aliphatic heterocycles. The zero-order chi connectivity index (χ0) is 17.3. The lowest BCUT2D eigenvalue weighted by Gasteiger charge is -2.26. The van der Waals surface area contributed by atoms with Gasteiger partial charge in [0.1, 0.15) is 4.88 Å². The number of hydrogen-bond acceptors (Lipinski definition) is 5. The Morgan fingerprint density at radius 2 is 2.04 bits per heavy atom. The van der Waals surface area contributed by atoms with Gasteiger partial charge < -0.3 is 4.90 Å². The molecule has 0 bridgehead atoms. The first-order chi connectivity index (χ1) is 11.4.